The molecule has 0 unspecified atom stereocenters. The van der Waals surface area contributed by atoms with Crippen molar-refractivity contribution < 1.29 is 88.5 Å². The molecule has 0 saturated carbocycles. The van der Waals surface area contributed by atoms with Crippen LogP contribution in [0, 0.1) is 0 Å². The van der Waals surface area contributed by atoms with Crippen LogP contribution in [0.5, 0.6) is 0 Å². The van der Waals surface area contributed by atoms with Gasteiger partial charge in [-0.1, -0.05) is 0 Å². The average Bonchev–Trinajstić information content (AvgIpc) is 0. The maximum Gasteiger partial charge on any atom is 0 e. The second-order valence-corrected chi connectivity index (χ2v) is 0. The normalized spacial score (nSPS) is 0. The van der Waals surface area contributed by atoms with Gasteiger partial charge in [0.15, 0.2) is 0 Å². The Kier molecular flexibility index (Phi) is 120. The molecule has 0 amide bonds. The van der Waals surface area contributed by atoms with Crippen molar-refractivity contribution in [3.8, 4) is 0 Å². The predicted molar refractivity (Wildman–Crippen MR) is 0 cm³/mol. The van der Waals surface area contributed by atoms with Crippen molar-refractivity contribution in [2.24, 2.45) is 0 Å². The van der Waals surface area contributed by atoms with Gasteiger partial charge in [0, 0.05) is 88.5 Å². The minimum Gasteiger partial charge on any atom is 0 e. The Morgan fingerprint density at radius 3 is 1.00 bits per heavy atom. The van der Waals surface area contributed by atoms with Crippen molar-refractivity contribution in [2.45, 2.75) is 0 Å². The second kappa shape index (κ2) is 16.8. The van der Waals surface area contributed by atoms with Gasteiger partial charge < -0.3 is 0 Å². The molecule has 0 aliphatic rings. The van der Waals surface area contributed by atoms with Gasteiger partial charge >= 0.3 is 0 Å². The van der Waals surface area contributed by atoms with Crippen LogP contribution >= 0.6 is 0 Å². The topological polar surface area (TPSA) is 0 Å². The number of hydrogen-bond acceptors (Lipinski definition) is 0. The first-order chi connectivity index (χ1) is 0. The van der Waals surface area contributed by atoms with E-state index in [0.29, 0.717) is 0 Å². The van der Waals surface area contributed by atoms with E-state index in [9.17, 15) is 0 Å². The summed E-state index contributed by atoms with van der Waals surface area (Å²) in [4.78, 5) is 0. The van der Waals surface area contributed by atoms with Crippen molar-refractivity contribution in [3.05, 3.63) is 0 Å². The van der Waals surface area contributed by atoms with Gasteiger partial charge in [0.05, 0.1) is 0 Å². The van der Waals surface area contributed by atoms with E-state index >= 15 is 0 Å². The minimum atomic E-state index is 0. The van der Waals surface area contributed by atoms with Crippen LogP contribution in [0.4, 0.5) is 0 Å². The number of rotatable bonds is 0. The first-order valence-electron chi connectivity index (χ1n) is 0. The molecular formula is TiWZnZr. The Labute approximate surface area is 86.9 Å². The van der Waals surface area contributed by atoms with Crippen LogP contribution in [0.15, 0.2) is 0 Å². The standard InChI is InChI=1S/Ti.W.Zn.Zr. The molecule has 0 aromatic carbocycles. The summed E-state index contributed by atoms with van der Waals surface area (Å²) >= 11 is 0. The van der Waals surface area contributed by atoms with Crippen LogP contribution in [-0.4, -0.2) is 0 Å². The Hall–Kier alpha value is 2.91. The van der Waals surface area contributed by atoms with Gasteiger partial charge in [-0.3, -0.25) is 0 Å². The van der Waals surface area contributed by atoms with E-state index in [2.05, 4.69) is 0 Å². The minimum absolute atomic E-state index is 0. The van der Waals surface area contributed by atoms with Crippen LogP contribution in [0.3, 0.4) is 0 Å². The van der Waals surface area contributed by atoms with Crippen molar-refractivity contribution >= 4 is 0 Å². The van der Waals surface area contributed by atoms with Crippen molar-refractivity contribution in [1.82, 2.24) is 0 Å². The zero-order valence-electron chi connectivity index (χ0n) is 2.12. The molecule has 0 spiro atoms. The molecule has 0 atom stereocenters. The molecule has 0 fully saturated rings. The molecule has 0 nitrogen and oxygen atoms in total. The van der Waals surface area contributed by atoms with E-state index in [1.807, 2.05) is 0 Å². The molecule has 0 N–H and O–H groups in total. The van der Waals surface area contributed by atoms with E-state index in [0.717, 1.165) is 0 Å². The fraction of sp³-hybridized carbons (Fsp3) is 0. The first kappa shape index (κ1) is 28.5. The summed E-state index contributed by atoms with van der Waals surface area (Å²) in [5.41, 5.74) is 0. The molecule has 0 aliphatic carbocycles. The zero-order chi connectivity index (χ0) is 0. The predicted octanol–water partition coefficient (Wildman–Crippen LogP) is -0.0100. The summed E-state index contributed by atoms with van der Waals surface area (Å²) in [6.45, 7) is 0. The van der Waals surface area contributed by atoms with Gasteiger partial charge in [-0.15, -0.1) is 0 Å². The zero-order valence-corrected chi connectivity index (χ0v) is 12.0. The molecule has 4 heavy (non-hydrogen) atoms. The number of hydrogen-bond donors (Lipinski definition) is 0. The van der Waals surface area contributed by atoms with Crippen LogP contribution in [0.2, 0.25) is 0 Å². The third-order valence-electron chi connectivity index (χ3n) is 0. The molecule has 0 aromatic heterocycles. The first-order valence-corrected chi connectivity index (χ1v) is 0. The molecule has 0 rings (SSSR count). The molecule has 0 bridgehead atoms. The fourth-order valence-corrected chi connectivity index (χ4v) is 0. The molecule has 0 radical (unpaired) electrons. The van der Waals surface area contributed by atoms with Crippen LogP contribution in [0.1, 0.15) is 0 Å². The second-order valence-electron chi connectivity index (χ2n) is 0. The molecule has 0 aliphatic heterocycles. The molecular weight excluding hydrogens is 388 g/mol. The maximum absolute atomic E-state index is 0. The van der Waals surface area contributed by atoms with Crippen LogP contribution < -0.4 is 0 Å². The molecule has 16 valence electrons. The van der Waals surface area contributed by atoms with Crippen LogP contribution in [0.25, 0.3) is 0 Å². The molecule has 0 saturated heterocycles. The Bertz CT molecular complexity index is 8.00. The quantitative estimate of drug-likeness (QED) is 0.513. The van der Waals surface area contributed by atoms with E-state index in [1.54, 1.807) is 0 Å². The third kappa shape index (κ3) is 8.86. The molecule has 4 heteroatoms. The van der Waals surface area contributed by atoms with E-state index in [1.165, 1.54) is 0 Å². The fourth-order valence-electron chi connectivity index (χ4n) is 0. The van der Waals surface area contributed by atoms with Gasteiger partial charge in [0.1, 0.15) is 0 Å². The summed E-state index contributed by atoms with van der Waals surface area (Å²) in [5, 5.41) is 0. The third-order valence-corrected chi connectivity index (χ3v) is 0. The van der Waals surface area contributed by atoms with E-state index < -0.39 is 0 Å². The van der Waals surface area contributed by atoms with Crippen LogP contribution in [-0.2, 0) is 88.5 Å². The Balaban J connectivity index is 0. The van der Waals surface area contributed by atoms with E-state index in [-0.39, 0.29) is 88.5 Å². The smallest absolute Gasteiger partial charge is 0 e. The van der Waals surface area contributed by atoms with Gasteiger partial charge in [-0.2, -0.15) is 0 Å². The SMILES string of the molecule is [Ti].[W].[Zn].[Zr]. The summed E-state index contributed by atoms with van der Waals surface area (Å²) < 4.78 is 0. The van der Waals surface area contributed by atoms with Gasteiger partial charge in [0.25, 0.3) is 0 Å². The van der Waals surface area contributed by atoms with Crippen molar-refractivity contribution in [2.75, 3.05) is 0 Å². The van der Waals surface area contributed by atoms with Gasteiger partial charge in [0.2, 0.25) is 0 Å². The Morgan fingerprint density at radius 1 is 1.00 bits per heavy atom. The summed E-state index contributed by atoms with van der Waals surface area (Å²) in [7, 11) is 0. The maximum atomic E-state index is 0. The Morgan fingerprint density at radius 2 is 1.00 bits per heavy atom. The molecule has 0 heterocycles. The summed E-state index contributed by atoms with van der Waals surface area (Å²) in [5.74, 6) is 0. The summed E-state index contributed by atoms with van der Waals surface area (Å²) in [6.07, 6.45) is 0. The summed E-state index contributed by atoms with van der Waals surface area (Å²) in [6, 6.07) is 0. The largest absolute Gasteiger partial charge is 0 e. The van der Waals surface area contributed by atoms with Crippen molar-refractivity contribution in [3.63, 3.8) is 0 Å². The van der Waals surface area contributed by atoms with Gasteiger partial charge in [-0.25, -0.2) is 0 Å². The molecule has 0 aromatic rings. The van der Waals surface area contributed by atoms with Gasteiger partial charge in [-0.05, 0) is 0 Å². The average molecular weight is 388 g/mol. The van der Waals surface area contributed by atoms with Crippen molar-refractivity contribution in [1.29, 1.82) is 0 Å². The van der Waals surface area contributed by atoms with E-state index in [4.69, 9.17) is 0 Å². The monoisotopic (exact) mass is 386 g/mol.